The molecular formula is C22H27ClN2O2. The number of piperidine rings is 1. The number of carbonyl (C=O) groups excluding carboxylic acids is 1. The van der Waals surface area contributed by atoms with Gasteiger partial charge in [-0.2, -0.15) is 0 Å². The first kappa shape index (κ1) is 19.6. The van der Waals surface area contributed by atoms with Crippen LogP contribution >= 0.6 is 11.6 Å². The molecule has 3 rings (SSSR count). The summed E-state index contributed by atoms with van der Waals surface area (Å²) < 4.78 is 5.49. The van der Waals surface area contributed by atoms with E-state index in [1.165, 1.54) is 18.5 Å². The van der Waals surface area contributed by atoms with Gasteiger partial charge in [0.1, 0.15) is 5.75 Å². The summed E-state index contributed by atoms with van der Waals surface area (Å²) in [5, 5.41) is 3.56. The van der Waals surface area contributed by atoms with Crippen LogP contribution in [0, 0.1) is 5.92 Å². The highest BCUT2D eigenvalue weighted by molar-refractivity contribution is 6.30. The lowest BCUT2D eigenvalue weighted by Gasteiger charge is -2.33. The zero-order valence-corrected chi connectivity index (χ0v) is 16.7. The predicted molar refractivity (Wildman–Crippen MR) is 111 cm³/mol. The van der Waals surface area contributed by atoms with Crippen molar-refractivity contribution in [3.8, 4) is 5.75 Å². The summed E-state index contributed by atoms with van der Waals surface area (Å²) >= 11 is 5.92. The Morgan fingerprint density at radius 1 is 1.30 bits per heavy atom. The van der Waals surface area contributed by atoms with Crippen molar-refractivity contribution in [2.45, 2.75) is 32.7 Å². The fourth-order valence-electron chi connectivity index (χ4n) is 3.47. The molecule has 144 valence electrons. The third-order valence-electron chi connectivity index (χ3n) is 4.96. The van der Waals surface area contributed by atoms with E-state index in [1.54, 1.807) is 24.3 Å². The molecule has 0 radical (unpaired) electrons. The maximum atomic E-state index is 12.2. The molecule has 2 aromatic rings. The van der Waals surface area contributed by atoms with E-state index in [0.29, 0.717) is 10.8 Å². The first-order valence-corrected chi connectivity index (χ1v) is 9.91. The third-order valence-corrected chi connectivity index (χ3v) is 5.19. The van der Waals surface area contributed by atoms with Crippen LogP contribution in [0.15, 0.2) is 48.5 Å². The van der Waals surface area contributed by atoms with Gasteiger partial charge in [0, 0.05) is 23.8 Å². The third kappa shape index (κ3) is 5.64. The molecule has 0 aliphatic carbocycles. The number of halogens is 1. The van der Waals surface area contributed by atoms with Crippen LogP contribution in [0.3, 0.4) is 0 Å². The molecule has 1 aliphatic heterocycles. The molecule has 0 aromatic heterocycles. The van der Waals surface area contributed by atoms with Gasteiger partial charge in [-0.15, -0.1) is 0 Å². The topological polar surface area (TPSA) is 41.6 Å². The minimum Gasteiger partial charge on any atom is -0.484 e. The first-order chi connectivity index (χ1) is 13.0. The Hall–Kier alpha value is -2.20. The zero-order chi connectivity index (χ0) is 19.2. The van der Waals surface area contributed by atoms with Crippen molar-refractivity contribution in [1.29, 1.82) is 0 Å². The zero-order valence-electron chi connectivity index (χ0n) is 16.0. The van der Waals surface area contributed by atoms with E-state index in [2.05, 4.69) is 41.4 Å². The number of benzene rings is 2. The molecule has 27 heavy (non-hydrogen) atoms. The molecule has 4 nitrogen and oxygen atoms in total. The van der Waals surface area contributed by atoms with E-state index >= 15 is 0 Å². The van der Waals surface area contributed by atoms with Crippen molar-refractivity contribution in [3.05, 3.63) is 59.1 Å². The number of nitrogens with one attached hydrogen (secondary N) is 1. The van der Waals surface area contributed by atoms with Gasteiger partial charge in [-0.25, -0.2) is 0 Å². The molecule has 5 heteroatoms. The average molecular weight is 387 g/mol. The van der Waals surface area contributed by atoms with Gasteiger partial charge < -0.3 is 15.0 Å². The Morgan fingerprint density at radius 2 is 2.07 bits per heavy atom. The monoisotopic (exact) mass is 386 g/mol. The van der Waals surface area contributed by atoms with E-state index in [0.717, 1.165) is 24.6 Å². The fourth-order valence-corrected chi connectivity index (χ4v) is 3.65. The Kier molecular flexibility index (Phi) is 6.62. The van der Waals surface area contributed by atoms with Gasteiger partial charge in [-0.1, -0.05) is 36.7 Å². The lowest BCUT2D eigenvalue weighted by atomic mass is 9.99. The summed E-state index contributed by atoms with van der Waals surface area (Å²) in [6, 6.07) is 15.5. The van der Waals surface area contributed by atoms with Crippen LogP contribution in [0.4, 0.5) is 5.69 Å². The predicted octanol–water partition coefficient (Wildman–Crippen LogP) is 4.83. The summed E-state index contributed by atoms with van der Waals surface area (Å²) in [4.78, 5) is 14.6. The van der Waals surface area contributed by atoms with E-state index in [9.17, 15) is 4.79 Å². The standard InChI is InChI=1S/C22H27ClN2O2/c1-16-5-4-12-25(14-16)20-10-8-18(9-11-20)17(2)24-22(26)15-27-21-7-3-6-19(23)13-21/h3,6-11,13,16-17H,4-5,12,14-15H2,1-2H3,(H,24,26). The second kappa shape index (κ2) is 9.14. The van der Waals surface area contributed by atoms with E-state index in [-0.39, 0.29) is 18.6 Å². The fraction of sp³-hybridized carbons (Fsp3) is 0.409. The molecular weight excluding hydrogens is 360 g/mol. The van der Waals surface area contributed by atoms with Gasteiger partial charge >= 0.3 is 0 Å². The van der Waals surface area contributed by atoms with Crippen LogP contribution in [0.1, 0.15) is 38.3 Å². The molecule has 2 aromatic carbocycles. The number of nitrogens with zero attached hydrogens (tertiary/aromatic N) is 1. The highest BCUT2D eigenvalue weighted by Crippen LogP contribution is 2.24. The van der Waals surface area contributed by atoms with Crippen molar-refractivity contribution < 1.29 is 9.53 Å². The van der Waals surface area contributed by atoms with E-state index < -0.39 is 0 Å². The maximum Gasteiger partial charge on any atom is 0.258 e. The largest absolute Gasteiger partial charge is 0.484 e. The van der Waals surface area contributed by atoms with Crippen LogP contribution in [-0.4, -0.2) is 25.6 Å². The van der Waals surface area contributed by atoms with Crippen LogP contribution in [-0.2, 0) is 4.79 Å². The quantitative estimate of drug-likeness (QED) is 0.772. The summed E-state index contributed by atoms with van der Waals surface area (Å²) in [7, 11) is 0. The van der Waals surface area contributed by atoms with E-state index in [4.69, 9.17) is 16.3 Å². The smallest absolute Gasteiger partial charge is 0.258 e. The number of rotatable bonds is 6. The van der Waals surface area contributed by atoms with Crippen LogP contribution in [0.2, 0.25) is 5.02 Å². The lowest BCUT2D eigenvalue weighted by Crippen LogP contribution is -2.34. The van der Waals surface area contributed by atoms with Gasteiger partial charge in [0.2, 0.25) is 0 Å². The molecule has 0 spiro atoms. The highest BCUT2D eigenvalue weighted by Gasteiger charge is 2.17. The van der Waals surface area contributed by atoms with E-state index in [1.807, 2.05) is 6.92 Å². The maximum absolute atomic E-state index is 12.2. The summed E-state index contributed by atoms with van der Waals surface area (Å²) in [5.74, 6) is 1.18. The second-order valence-corrected chi connectivity index (χ2v) is 7.76. The van der Waals surface area contributed by atoms with Crippen molar-refractivity contribution >= 4 is 23.2 Å². The molecule has 2 unspecified atom stereocenters. The van der Waals surface area contributed by atoms with Crippen LogP contribution in [0.5, 0.6) is 5.75 Å². The van der Waals surface area contributed by atoms with Crippen molar-refractivity contribution in [3.63, 3.8) is 0 Å². The SMILES string of the molecule is CC1CCCN(c2ccc(C(C)NC(=O)COc3cccc(Cl)c3)cc2)C1. The number of carbonyl (C=O) groups is 1. The summed E-state index contributed by atoms with van der Waals surface area (Å²) in [6.07, 6.45) is 2.57. The molecule has 1 heterocycles. The van der Waals surface area contributed by atoms with Gasteiger partial charge in [0.05, 0.1) is 6.04 Å². The number of ether oxygens (including phenoxy) is 1. The van der Waals surface area contributed by atoms with Crippen molar-refractivity contribution in [2.75, 3.05) is 24.6 Å². The number of amides is 1. The molecule has 1 N–H and O–H groups in total. The van der Waals surface area contributed by atoms with Gasteiger partial charge in [-0.05, 0) is 61.6 Å². The normalized spacial score (nSPS) is 18.0. The number of anilines is 1. The van der Waals surface area contributed by atoms with Crippen LogP contribution in [0.25, 0.3) is 0 Å². The molecule has 1 fully saturated rings. The second-order valence-electron chi connectivity index (χ2n) is 7.32. The summed E-state index contributed by atoms with van der Waals surface area (Å²) in [6.45, 7) is 6.50. The van der Waals surface area contributed by atoms with Crippen molar-refractivity contribution in [2.24, 2.45) is 5.92 Å². The Bertz CT molecular complexity index is 763. The van der Waals surface area contributed by atoms with Gasteiger partial charge in [-0.3, -0.25) is 4.79 Å². The molecule has 0 bridgehead atoms. The Morgan fingerprint density at radius 3 is 2.78 bits per heavy atom. The molecule has 0 saturated carbocycles. The minimum atomic E-state index is -0.156. The average Bonchev–Trinajstić information content (AvgIpc) is 2.66. The molecule has 1 aliphatic rings. The van der Waals surface area contributed by atoms with Crippen LogP contribution < -0.4 is 15.0 Å². The van der Waals surface area contributed by atoms with Gasteiger partial charge in [0.15, 0.2) is 6.61 Å². The lowest BCUT2D eigenvalue weighted by molar-refractivity contribution is -0.123. The molecule has 1 saturated heterocycles. The first-order valence-electron chi connectivity index (χ1n) is 9.54. The summed E-state index contributed by atoms with van der Waals surface area (Å²) in [5.41, 5.74) is 2.34. The van der Waals surface area contributed by atoms with Crippen molar-refractivity contribution in [1.82, 2.24) is 5.32 Å². The minimum absolute atomic E-state index is 0.0333. The Balaban J connectivity index is 1.51. The number of hydrogen-bond acceptors (Lipinski definition) is 3. The Labute approximate surface area is 166 Å². The molecule has 2 atom stereocenters. The highest BCUT2D eigenvalue weighted by atomic mass is 35.5. The number of hydrogen-bond donors (Lipinski definition) is 1. The molecule has 1 amide bonds. The van der Waals surface area contributed by atoms with Gasteiger partial charge in [0.25, 0.3) is 5.91 Å².